The Balaban J connectivity index is 2.02. The average molecular weight is 318 g/mol. The molecular weight excluding hydrogens is 304 g/mol. The predicted octanol–water partition coefficient (Wildman–Crippen LogP) is 1.84. The summed E-state index contributed by atoms with van der Waals surface area (Å²) in [5.74, 6) is 0.231. The SMILES string of the molecule is CN1C(=O)COc2cccc(NS(=O)(=O)c3ccccc3)c21. The van der Waals surface area contributed by atoms with Gasteiger partial charge in [-0.1, -0.05) is 24.3 Å². The first-order valence-corrected chi connectivity index (χ1v) is 8.07. The van der Waals surface area contributed by atoms with Crippen molar-refractivity contribution in [1.29, 1.82) is 0 Å². The molecule has 0 fully saturated rings. The van der Waals surface area contributed by atoms with Gasteiger partial charge in [0.2, 0.25) is 0 Å². The summed E-state index contributed by atoms with van der Waals surface area (Å²) in [7, 11) is -2.14. The first-order chi connectivity index (χ1) is 10.5. The van der Waals surface area contributed by atoms with Gasteiger partial charge >= 0.3 is 0 Å². The normalized spacial score (nSPS) is 14.2. The quantitative estimate of drug-likeness (QED) is 0.937. The number of hydrogen-bond acceptors (Lipinski definition) is 4. The second kappa shape index (κ2) is 5.34. The molecule has 1 heterocycles. The van der Waals surface area contributed by atoms with Crippen LogP contribution in [0.1, 0.15) is 0 Å². The minimum absolute atomic E-state index is 0.0572. The van der Waals surface area contributed by atoms with Crippen LogP contribution in [0.2, 0.25) is 0 Å². The molecule has 2 aromatic rings. The number of sulfonamides is 1. The Morgan fingerprint density at radius 1 is 1.09 bits per heavy atom. The minimum atomic E-state index is -3.73. The van der Waals surface area contributed by atoms with Crippen LogP contribution in [-0.2, 0) is 14.8 Å². The smallest absolute Gasteiger partial charge is 0.264 e. The van der Waals surface area contributed by atoms with Crippen LogP contribution in [0.3, 0.4) is 0 Å². The molecule has 22 heavy (non-hydrogen) atoms. The molecule has 114 valence electrons. The predicted molar refractivity (Wildman–Crippen MR) is 82.6 cm³/mol. The highest BCUT2D eigenvalue weighted by atomic mass is 32.2. The highest BCUT2D eigenvalue weighted by Gasteiger charge is 2.27. The Morgan fingerprint density at radius 3 is 2.55 bits per heavy atom. The van der Waals surface area contributed by atoms with Gasteiger partial charge in [-0.2, -0.15) is 0 Å². The third kappa shape index (κ3) is 2.50. The van der Waals surface area contributed by atoms with E-state index in [0.29, 0.717) is 17.1 Å². The van der Waals surface area contributed by atoms with Crippen molar-refractivity contribution in [1.82, 2.24) is 0 Å². The van der Waals surface area contributed by atoms with Crippen LogP contribution in [0.5, 0.6) is 5.75 Å². The number of amides is 1. The van der Waals surface area contributed by atoms with Crippen LogP contribution < -0.4 is 14.4 Å². The van der Waals surface area contributed by atoms with Gasteiger partial charge in [0.1, 0.15) is 11.4 Å². The second-order valence-corrected chi connectivity index (χ2v) is 6.49. The molecule has 1 amide bonds. The summed E-state index contributed by atoms with van der Waals surface area (Å²) in [6, 6.07) is 13.0. The Labute approximate surface area is 128 Å². The molecule has 1 aliphatic rings. The maximum Gasteiger partial charge on any atom is 0.264 e. The Morgan fingerprint density at radius 2 is 1.82 bits per heavy atom. The van der Waals surface area contributed by atoms with Crippen molar-refractivity contribution in [2.75, 3.05) is 23.3 Å². The molecule has 0 saturated heterocycles. The van der Waals surface area contributed by atoms with Gasteiger partial charge in [0, 0.05) is 7.05 Å². The van der Waals surface area contributed by atoms with E-state index < -0.39 is 10.0 Å². The van der Waals surface area contributed by atoms with Gasteiger partial charge in [-0.3, -0.25) is 9.52 Å². The van der Waals surface area contributed by atoms with Crippen LogP contribution in [-0.4, -0.2) is 28.0 Å². The summed E-state index contributed by atoms with van der Waals surface area (Å²) in [6.45, 7) is -0.0572. The molecule has 7 heteroatoms. The van der Waals surface area contributed by atoms with E-state index in [-0.39, 0.29) is 17.4 Å². The van der Waals surface area contributed by atoms with Crippen LogP contribution in [0, 0.1) is 0 Å². The summed E-state index contributed by atoms with van der Waals surface area (Å²) in [6.07, 6.45) is 0. The molecule has 1 aliphatic heterocycles. The third-order valence-corrected chi connectivity index (χ3v) is 4.74. The summed E-state index contributed by atoms with van der Waals surface area (Å²) in [5, 5.41) is 0. The van der Waals surface area contributed by atoms with E-state index in [9.17, 15) is 13.2 Å². The van der Waals surface area contributed by atoms with E-state index in [1.54, 1.807) is 43.4 Å². The highest BCUT2D eigenvalue weighted by molar-refractivity contribution is 7.92. The lowest BCUT2D eigenvalue weighted by Gasteiger charge is -2.28. The number of hydrogen-bond donors (Lipinski definition) is 1. The number of ether oxygens (including phenoxy) is 1. The van der Waals surface area contributed by atoms with E-state index in [1.807, 2.05) is 0 Å². The van der Waals surface area contributed by atoms with Gasteiger partial charge in [-0.25, -0.2) is 8.42 Å². The average Bonchev–Trinajstić information content (AvgIpc) is 2.52. The van der Waals surface area contributed by atoms with Crippen molar-refractivity contribution >= 4 is 27.3 Å². The first kappa shape index (κ1) is 14.4. The summed E-state index contributed by atoms with van der Waals surface area (Å²) < 4.78 is 32.7. The van der Waals surface area contributed by atoms with E-state index in [0.717, 1.165) is 0 Å². The number of carbonyl (C=O) groups excluding carboxylic acids is 1. The van der Waals surface area contributed by atoms with E-state index in [2.05, 4.69) is 4.72 Å². The molecule has 0 unspecified atom stereocenters. The zero-order valence-electron chi connectivity index (χ0n) is 11.8. The minimum Gasteiger partial charge on any atom is -0.481 e. The van der Waals surface area contributed by atoms with Crippen LogP contribution in [0.4, 0.5) is 11.4 Å². The molecule has 0 saturated carbocycles. The van der Waals surface area contributed by atoms with E-state index >= 15 is 0 Å². The molecule has 0 radical (unpaired) electrons. The molecule has 2 aromatic carbocycles. The van der Waals surface area contributed by atoms with Gasteiger partial charge in [-0.15, -0.1) is 0 Å². The lowest BCUT2D eigenvalue weighted by molar-refractivity contribution is -0.120. The van der Waals surface area contributed by atoms with Crippen molar-refractivity contribution < 1.29 is 17.9 Å². The maximum atomic E-state index is 12.4. The Bertz CT molecular complexity index is 819. The van der Waals surface area contributed by atoms with Crippen molar-refractivity contribution in [3.05, 3.63) is 48.5 Å². The summed E-state index contributed by atoms with van der Waals surface area (Å²) in [5.41, 5.74) is 0.718. The zero-order valence-corrected chi connectivity index (χ0v) is 12.6. The number of anilines is 2. The van der Waals surface area contributed by atoms with Crippen molar-refractivity contribution in [2.24, 2.45) is 0 Å². The molecule has 0 aliphatic carbocycles. The summed E-state index contributed by atoms with van der Waals surface area (Å²) >= 11 is 0. The van der Waals surface area contributed by atoms with Crippen LogP contribution in [0.15, 0.2) is 53.4 Å². The molecule has 1 N–H and O–H groups in total. The Hall–Kier alpha value is -2.54. The number of nitrogens with zero attached hydrogens (tertiary/aromatic N) is 1. The lowest BCUT2D eigenvalue weighted by Crippen LogP contribution is -2.36. The van der Waals surface area contributed by atoms with Crippen LogP contribution >= 0.6 is 0 Å². The topological polar surface area (TPSA) is 75.7 Å². The fourth-order valence-electron chi connectivity index (χ4n) is 2.23. The number of likely N-dealkylation sites (N-methyl/N-ethyl adjacent to an activating group) is 1. The van der Waals surface area contributed by atoms with Crippen molar-refractivity contribution in [2.45, 2.75) is 4.90 Å². The fourth-order valence-corrected chi connectivity index (χ4v) is 3.32. The van der Waals surface area contributed by atoms with Crippen molar-refractivity contribution in [3.8, 4) is 5.75 Å². The van der Waals surface area contributed by atoms with Gasteiger partial charge in [0.05, 0.1) is 10.6 Å². The molecule has 0 atom stereocenters. The van der Waals surface area contributed by atoms with Gasteiger partial charge < -0.3 is 9.64 Å². The van der Waals surface area contributed by atoms with Gasteiger partial charge in [0.15, 0.2) is 6.61 Å². The second-order valence-electron chi connectivity index (χ2n) is 4.81. The number of benzene rings is 2. The highest BCUT2D eigenvalue weighted by Crippen LogP contribution is 2.38. The molecule has 3 rings (SSSR count). The molecule has 0 spiro atoms. The first-order valence-electron chi connectivity index (χ1n) is 6.59. The molecule has 0 aromatic heterocycles. The number of fused-ring (bicyclic) bond motifs is 1. The molecule has 0 bridgehead atoms. The number of para-hydroxylation sites is 1. The van der Waals surface area contributed by atoms with E-state index in [1.165, 1.54) is 17.0 Å². The third-order valence-electron chi connectivity index (χ3n) is 3.36. The molecular formula is C15H14N2O4S. The molecule has 6 nitrogen and oxygen atoms in total. The van der Waals surface area contributed by atoms with Gasteiger partial charge in [0.25, 0.3) is 15.9 Å². The lowest BCUT2D eigenvalue weighted by atomic mass is 10.2. The van der Waals surface area contributed by atoms with E-state index in [4.69, 9.17) is 4.74 Å². The number of carbonyl (C=O) groups is 1. The summed E-state index contributed by atoms with van der Waals surface area (Å²) in [4.78, 5) is 13.3. The fraction of sp³-hybridized carbons (Fsp3) is 0.133. The standard InChI is InChI=1S/C15H14N2O4S/c1-17-14(18)10-21-13-9-5-8-12(15(13)17)16-22(19,20)11-6-3-2-4-7-11/h2-9,16H,10H2,1H3. The largest absolute Gasteiger partial charge is 0.481 e. The Kier molecular flexibility index (Phi) is 3.50. The maximum absolute atomic E-state index is 12.4. The monoisotopic (exact) mass is 318 g/mol. The number of nitrogens with one attached hydrogen (secondary N) is 1. The number of rotatable bonds is 3. The van der Waals surface area contributed by atoms with Gasteiger partial charge in [-0.05, 0) is 24.3 Å². The van der Waals surface area contributed by atoms with Crippen molar-refractivity contribution in [3.63, 3.8) is 0 Å². The van der Waals surface area contributed by atoms with Crippen LogP contribution in [0.25, 0.3) is 0 Å². The zero-order chi connectivity index (χ0) is 15.7.